The molecule has 0 saturated carbocycles. The molecule has 0 spiro atoms. The number of esters is 1. The summed E-state index contributed by atoms with van der Waals surface area (Å²) < 4.78 is 10.5. The Hall–Kier alpha value is -2.88. The van der Waals surface area contributed by atoms with Crippen molar-refractivity contribution in [1.29, 1.82) is 5.26 Å². The first-order valence-electron chi connectivity index (χ1n) is 8.61. The van der Waals surface area contributed by atoms with Crippen LogP contribution in [0.25, 0.3) is 11.1 Å². The van der Waals surface area contributed by atoms with Gasteiger partial charge in [0.2, 0.25) is 0 Å². The van der Waals surface area contributed by atoms with E-state index in [0.717, 1.165) is 0 Å². The number of hydrogen-bond acceptors (Lipinski definition) is 5. The molecule has 2 aromatic rings. The second kappa shape index (κ2) is 9.36. The Labute approximate surface area is 168 Å². The van der Waals surface area contributed by atoms with Gasteiger partial charge in [0.1, 0.15) is 6.61 Å². The molecule has 7 heteroatoms. The topological polar surface area (TPSA) is 96.6 Å². The van der Waals surface area contributed by atoms with Crippen molar-refractivity contribution < 1.29 is 24.2 Å². The highest BCUT2D eigenvalue weighted by Crippen LogP contribution is 2.39. The Bertz CT molecular complexity index is 962. The zero-order chi connectivity index (χ0) is 20.8. The largest absolute Gasteiger partial charge is 0.478 e. The SMILES string of the molecule is CCOC(=O)c1c(COCC#N)c(C(=O)O)c(C)c(C)c1-c1ccccc1Cl. The zero-order valence-electron chi connectivity index (χ0n) is 15.8. The molecule has 0 unspecified atom stereocenters. The number of hydrogen-bond donors (Lipinski definition) is 1. The third kappa shape index (κ3) is 4.16. The summed E-state index contributed by atoms with van der Waals surface area (Å²) >= 11 is 6.38. The number of aromatic carboxylic acids is 1. The van der Waals surface area contributed by atoms with Crippen LogP contribution in [-0.4, -0.2) is 30.3 Å². The lowest BCUT2D eigenvalue weighted by molar-refractivity contribution is 0.0521. The Morgan fingerprint density at radius 1 is 1.18 bits per heavy atom. The Balaban J connectivity index is 2.94. The van der Waals surface area contributed by atoms with Crippen LogP contribution in [0.4, 0.5) is 0 Å². The van der Waals surface area contributed by atoms with Gasteiger partial charge in [-0.2, -0.15) is 5.26 Å². The van der Waals surface area contributed by atoms with Gasteiger partial charge in [0.25, 0.3) is 0 Å². The summed E-state index contributed by atoms with van der Waals surface area (Å²) in [5.74, 6) is -1.86. The number of ether oxygens (including phenoxy) is 2. The minimum atomic E-state index is -1.19. The summed E-state index contributed by atoms with van der Waals surface area (Å²) in [5.41, 5.74) is 2.42. The molecule has 0 aliphatic rings. The molecule has 0 radical (unpaired) electrons. The molecular weight excluding hydrogens is 382 g/mol. The van der Waals surface area contributed by atoms with Crippen molar-refractivity contribution in [3.63, 3.8) is 0 Å². The van der Waals surface area contributed by atoms with Gasteiger partial charge >= 0.3 is 11.9 Å². The molecule has 146 valence electrons. The van der Waals surface area contributed by atoms with Gasteiger partial charge in [-0.15, -0.1) is 0 Å². The van der Waals surface area contributed by atoms with E-state index in [1.807, 2.05) is 6.07 Å². The maximum atomic E-state index is 12.9. The summed E-state index contributed by atoms with van der Waals surface area (Å²) in [6.45, 7) is 4.73. The molecule has 0 aliphatic heterocycles. The first kappa shape index (κ1) is 21.4. The molecule has 0 amide bonds. The highest BCUT2D eigenvalue weighted by atomic mass is 35.5. The van der Waals surface area contributed by atoms with E-state index in [2.05, 4.69) is 0 Å². The highest BCUT2D eigenvalue weighted by molar-refractivity contribution is 6.33. The average Bonchev–Trinajstić information content (AvgIpc) is 2.65. The van der Waals surface area contributed by atoms with E-state index in [4.69, 9.17) is 26.3 Å². The van der Waals surface area contributed by atoms with Gasteiger partial charge in [0, 0.05) is 21.7 Å². The smallest absolute Gasteiger partial charge is 0.339 e. The fourth-order valence-electron chi connectivity index (χ4n) is 3.13. The van der Waals surface area contributed by atoms with E-state index in [9.17, 15) is 14.7 Å². The first-order chi connectivity index (χ1) is 13.3. The minimum absolute atomic E-state index is 0.0331. The first-order valence-corrected chi connectivity index (χ1v) is 8.98. The van der Waals surface area contributed by atoms with Crippen LogP contribution < -0.4 is 0 Å². The van der Waals surface area contributed by atoms with Crippen molar-refractivity contribution in [3.05, 3.63) is 57.1 Å². The third-order valence-corrected chi connectivity index (χ3v) is 4.75. The van der Waals surface area contributed by atoms with Crippen molar-refractivity contribution >= 4 is 23.5 Å². The third-order valence-electron chi connectivity index (χ3n) is 4.42. The molecule has 0 saturated heterocycles. The lowest BCUT2D eigenvalue weighted by atomic mass is 9.84. The van der Waals surface area contributed by atoms with Crippen LogP contribution in [0.5, 0.6) is 0 Å². The fourth-order valence-corrected chi connectivity index (χ4v) is 3.36. The molecule has 0 bridgehead atoms. The second-order valence-corrected chi connectivity index (χ2v) is 6.42. The predicted octanol–water partition coefficient (Wildman–Crippen LogP) is 4.54. The minimum Gasteiger partial charge on any atom is -0.478 e. The molecule has 0 aromatic heterocycles. The summed E-state index contributed by atoms with van der Waals surface area (Å²) in [6, 6.07) is 8.83. The molecule has 6 nitrogen and oxygen atoms in total. The highest BCUT2D eigenvalue weighted by Gasteiger charge is 2.29. The Morgan fingerprint density at radius 3 is 2.43 bits per heavy atom. The van der Waals surface area contributed by atoms with Gasteiger partial charge in [-0.25, -0.2) is 9.59 Å². The molecule has 0 atom stereocenters. The van der Waals surface area contributed by atoms with E-state index >= 15 is 0 Å². The molecule has 2 aromatic carbocycles. The number of nitrogens with zero attached hydrogens (tertiary/aromatic N) is 1. The number of carbonyl (C=O) groups excluding carboxylic acids is 1. The van der Waals surface area contributed by atoms with Crippen LogP contribution in [0.15, 0.2) is 24.3 Å². The number of halogens is 1. The second-order valence-electron chi connectivity index (χ2n) is 6.01. The van der Waals surface area contributed by atoms with Crippen LogP contribution in [0, 0.1) is 25.2 Å². The molecule has 28 heavy (non-hydrogen) atoms. The van der Waals surface area contributed by atoms with E-state index in [-0.39, 0.29) is 36.5 Å². The van der Waals surface area contributed by atoms with Crippen molar-refractivity contribution in [2.24, 2.45) is 0 Å². The van der Waals surface area contributed by atoms with Crippen molar-refractivity contribution in [1.82, 2.24) is 0 Å². The van der Waals surface area contributed by atoms with Gasteiger partial charge in [0.05, 0.1) is 30.4 Å². The van der Waals surface area contributed by atoms with Crippen molar-refractivity contribution in [2.45, 2.75) is 27.4 Å². The Morgan fingerprint density at radius 2 is 1.86 bits per heavy atom. The summed E-state index contributed by atoms with van der Waals surface area (Å²) in [7, 11) is 0. The zero-order valence-corrected chi connectivity index (χ0v) is 16.6. The number of carbonyl (C=O) groups is 2. The van der Waals surface area contributed by atoms with Gasteiger partial charge in [-0.1, -0.05) is 29.8 Å². The van der Waals surface area contributed by atoms with Gasteiger partial charge in [-0.05, 0) is 38.0 Å². The molecule has 0 fully saturated rings. The van der Waals surface area contributed by atoms with Crippen molar-refractivity contribution in [2.75, 3.05) is 13.2 Å². The predicted molar refractivity (Wildman–Crippen MR) is 105 cm³/mol. The molecular formula is C21H20ClNO5. The normalized spacial score (nSPS) is 10.4. The van der Waals surface area contributed by atoms with Crippen molar-refractivity contribution in [3.8, 4) is 17.2 Å². The fraction of sp³-hybridized carbons (Fsp3) is 0.286. The average molecular weight is 402 g/mol. The van der Waals surface area contributed by atoms with E-state index in [0.29, 0.717) is 27.3 Å². The molecule has 2 rings (SSSR count). The summed E-state index contributed by atoms with van der Waals surface area (Å²) in [6.07, 6.45) is 0. The summed E-state index contributed by atoms with van der Waals surface area (Å²) in [4.78, 5) is 24.8. The van der Waals surface area contributed by atoms with Gasteiger partial charge in [0.15, 0.2) is 0 Å². The quantitative estimate of drug-likeness (QED) is 0.540. The number of benzene rings is 2. The number of carboxylic acids is 1. The lowest BCUT2D eigenvalue weighted by Crippen LogP contribution is -2.18. The van der Waals surface area contributed by atoms with Crippen LogP contribution >= 0.6 is 11.6 Å². The molecule has 1 N–H and O–H groups in total. The maximum Gasteiger partial charge on any atom is 0.339 e. The number of nitriles is 1. The van der Waals surface area contributed by atoms with Crippen LogP contribution in [0.2, 0.25) is 5.02 Å². The number of rotatable bonds is 7. The van der Waals surface area contributed by atoms with Gasteiger partial charge in [-0.3, -0.25) is 0 Å². The van der Waals surface area contributed by atoms with Crippen LogP contribution in [0.1, 0.15) is 44.3 Å². The number of carboxylic acid groups (broad SMARTS) is 1. The van der Waals surface area contributed by atoms with E-state index in [1.54, 1.807) is 45.0 Å². The van der Waals surface area contributed by atoms with Gasteiger partial charge < -0.3 is 14.6 Å². The monoisotopic (exact) mass is 401 g/mol. The standard InChI is InChI=1S/C21H20ClNO5/c1-4-28-21(26)19-15(11-27-10-9-23)18(20(24)25)13(3)12(2)17(19)14-7-5-6-8-16(14)22/h5-8H,4,10-11H2,1-3H3,(H,24,25). The van der Waals surface area contributed by atoms with E-state index in [1.165, 1.54) is 0 Å². The summed E-state index contributed by atoms with van der Waals surface area (Å²) in [5, 5.41) is 19.0. The lowest BCUT2D eigenvalue weighted by Gasteiger charge is -2.22. The van der Waals surface area contributed by atoms with Crippen LogP contribution in [0.3, 0.4) is 0 Å². The van der Waals surface area contributed by atoms with E-state index < -0.39 is 11.9 Å². The van der Waals surface area contributed by atoms with Crippen LogP contribution in [-0.2, 0) is 16.1 Å². The molecule has 0 heterocycles. The molecule has 0 aliphatic carbocycles. The Kier molecular flexibility index (Phi) is 7.16. The maximum absolute atomic E-state index is 12.9.